The third kappa shape index (κ3) is 7.41. The van der Waals surface area contributed by atoms with Crippen molar-refractivity contribution in [2.24, 2.45) is 5.92 Å². The van der Waals surface area contributed by atoms with E-state index in [4.69, 9.17) is 4.74 Å². The SMILES string of the molecule is CN(C)CC[C@H]1CC[C@@H](NC(=O)OC(C)(C)C)CC1. The first-order valence-electron chi connectivity index (χ1n) is 7.40. The Morgan fingerprint density at radius 3 is 2.26 bits per heavy atom. The lowest BCUT2D eigenvalue weighted by atomic mass is 9.84. The van der Waals surface area contributed by atoms with Crippen molar-refractivity contribution in [3.63, 3.8) is 0 Å². The molecule has 0 unspecified atom stereocenters. The van der Waals surface area contributed by atoms with Crippen LogP contribution in [0.3, 0.4) is 0 Å². The molecule has 0 radical (unpaired) electrons. The van der Waals surface area contributed by atoms with Crippen molar-refractivity contribution in [1.82, 2.24) is 10.2 Å². The standard InChI is InChI=1S/C15H30N2O2/c1-15(2,3)19-14(18)16-13-8-6-12(7-9-13)10-11-17(4)5/h12-13H,6-11H2,1-5H3,(H,16,18)/t12-,13+. The summed E-state index contributed by atoms with van der Waals surface area (Å²) < 4.78 is 5.29. The lowest BCUT2D eigenvalue weighted by Crippen LogP contribution is -2.41. The van der Waals surface area contributed by atoms with E-state index in [0.29, 0.717) is 6.04 Å². The van der Waals surface area contributed by atoms with Crippen molar-refractivity contribution < 1.29 is 9.53 Å². The van der Waals surface area contributed by atoms with E-state index in [2.05, 4.69) is 24.3 Å². The smallest absolute Gasteiger partial charge is 0.407 e. The lowest BCUT2D eigenvalue weighted by Gasteiger charge is -2.30. The largest absolute Gasteiger partial charge is 0.444 e. The number of hydrogen-bond acceptors (Lipinski definition) is 3. The minimum Gasteiger partial charge on any atom is -0.444 e. The number of rotatable bonds is 4. The Morgan fingerprint density at radius 1 is 1.21 bits per heavy atom. The summed E-state index contributed by atoms with van der Waals surface area (Å²) in [4.78, 5) is 13.9. The van der Waals surface area contributed by atoms with E-state index in [1.54, 1.807) is 0 Å². The van der Waals surface area contributed by atoms with Gasteiger partial charge in [-0.25, -0.2) is 4.79 Å². The van der Waals surface area contributed by atoms with Gasteiger partial charge in [0.25, 0.3) is 0 Å². The van der Waals surface area contributed by atoms with E-state index in [0.717, 1.165) is 25.3 Å². The van der Waals surface area contributed by atoms with Gasteiger partial charge in [-0.3, -0.25) is 0 Å². The molecular formula is C15H30N2O2. The van der Waals surface area contributed by atoms with Crippen LogP contribution in [0.4, 0.5) is 4.79 Å². The summed E-state index contributed by atoms with van der Waals surface area (Å²) in [6.45, 7) is 6.84. The number of amides is 1. The van der Waals surface area contributed by atoms with Crippen LogP contribution in [0.5, 0.6) is 0 Å². The first kappa shape index (κ1) is 16.3. The van der Waals surface area contributed by atoms with Crippen molar-refractivity contribution in [3.8, 4) is 0 Å². The molecule has 19 heavy (non-hydrogen) atoms. The van der Waals surface area contributed by atoms with Crippen LogP contribution in [-0.4, -0.2) is 43.3 Å². The number of hydrogen-bond donors (Lipinski definition) is 1. The molecule has 0 aliphatic heterocycles. The van der Waals surface area contributed by atoms with E-state index in [-0.39, 0.29) is 6.09 Å². The molecule has 1 amide bonds. The van der Waals surface area contributed by atoms with Crippen LogP contribution >= 0.6 is 0 Å². The highest BCUT2D eigenvalue weighted by molar-refractivity contribution is 5.68. The van der Waals surface area contributed by atoms with Gasteiger partial charge in [-0.15, -0.1) is 0 Å². The molecular weight excluding hydrogens is 240 g/mol. The maximum Gasteiger partial charge on any atom is 0.407 e. The lowest BCUT2D eigenvalue weighted by molar-refractivity contribution is 0.0486. The van der Waals surface area contributed by atoms with E-state index in [1.807, 2.05) is 20.8 Å². The van der Waals surface area contributed by atoms with Crippen LogP contribution < -0.4 is 5.32 Å². The summed E-state index contributed by atoms with van der Waals surface area (Å²) in [5.74, 6) is 0.819. The van der Waals surface area contributed by atoms with Gasteiger partial charge in [-0.2, -0.15) is 0 Å². The van der Waals surface area contributed by atoms with Gasteiger partial charge in [0.15, 0.2) is 0 Å². The van der Waals surface area contributed by atoms with Gasteiger partial charge in [0.05, 0.1) is 0 Å². The highest BCUT2D eigenvalue weighted by Crippen LogP contribution is 2.27. The third-order valence-electron chi connectivity index (χ3n) is 3.55. The number of nitrogens with zero attached hydrogens (tertiary/aromatic N) is 1. The summed E-state index contributed by atoms with van der Waals surface area (Å²) in [5, 5.41) is 2.99. The molecule has 1 saturated carbocycles. The van der Waals surface area contributed by atoms with Gasteiger partial charge in [0.1, 0.15) is 5.60 Å². The molecule has 0 atom stereocenters. The number of alkyl carbamates (subject to hydrolysis) is 1. The molecule has 0 heterocycles. The zero-order chi connectivity index (χ0) is 14.5. The number of carbonyl (C=O) groups excluding carboxylic acids is 1. The zero-order valence-electron chi connectivity index (χ0n) is 13.2. The van der Waals surface area contributed by atoms with E-state index in [9.17, 15) is 4.79 Å². The molecule has 1 aliphatic carbocycles. The summed E-state index contributed by atoms with van der Waals surface area (Å²) in [6, 6.07) is 0.297. The fourth-order valence-electron chi connectivity index (χ4n) is 2.51. The molecule has 1 rings (SSSR count). The molecule has 0 saturated heterocycles. The summed E-state index contributed by atoms with van der Waals surface area (Å²) in [6.07, 6.45) is 5.59. The maximum atomic E-state index is 11.7. The van der Waals surface area contributed by atoms with E-state index in [1.165, 1.54) is 19.3 Å². The Bertz CT molecular complexity index is 276. The minimum atomic E-state index is -0.410. The van der Waals surface area contributed by atoms with Gasteiger partial charge < -0.3 is 15.0 Å². The normalized spacial score (nSPS) is 24.3. The summed E-state index contributed by atoms with van der Waals surface area (Å²) in [5.41, 5.74) is -0.410. The Balaban J connectivity index is 2.21. The molecule has 0 bridgehead atoms. The molecule has 0 aromatic rings. The van der Waals surface area contributed by atoms with Gasteiger partial charge in [0, 0.05) is 6.04 Å². The Labute approximate surface area is 117 Å². The van der Waals surface area contributed by atoms with Crippen LogP contribution in [0.25, 0.3) is 0 Å². The molecule has 4 nitrogen and oxygen atoms in total. The third-order valence-corrected chi connectivity index (χ3v) is 3.55. The van der Waals surface area contributed by atoms with Crippen LogP contribution in [-0.2, 0) is 4.74 Å². The monoisotopic (exact) mass is 270 g/mol. The first-order valence-corrected chi connectivity index (χ1v) is 7.40. The van der Waals surface area contributed by atoms with Gasteiger partial charge in [0.2, 0.25) is 0 Å². The van der Waals surface area contributed by atoms with Gasteiger partial charge in [-0.05, 0) is 79.4 Å². The average molecular weight is 270 g/mol. The summed E-state index contributed by atoms with van der Waals surface area (Å²) >= 11 is 0. The number of nitrogens with one attached hydrogen (secondary N) is 1. The Hall–Kier alpha value is -0.770. The van der Waals surface area contributed by atoms with Crippen LogP contribution in [0, 0.1) is 5.92 Å². The minimum absolute atomic E-state index is 0.274. The second kappa shape index (κ2) is 7.13. The highest BCUT2D eigenvalue weighted by atomic mass is 16.6. The molecule has 4 heteroatoms. The maximum absolute atomic E-state index is 11.7. The van der Waals surface area contributed by atoms with Gasteiger partial charge in [-0.1, -0.05) is 0 Å². The highest BCUT2D eigenvalue weighted by Gasteiger charge is 2.24. The van der Waals surface area contributed by atoms with Crippen molar-refractivity contribution in [2.45, 2.75) is 64.5 Å². The Kier molecular flexibility index (Phi) is 6.11. The second-order valence-corrected chi connectivity index (χ2v) is 6.96. The van der Waals surface area contributed by atoms with Crippen molar-refractivity contribution >= 4 is 6.09 Å². The predicted molar refractivity (Wildman–Crippen MR) is 78.3 cm³/mol. The molecule has 0 spiro atoms. The van der Waals surface area contributed by atoms with Crippen molar-refractivity contribution in [3.05, 3.63) is 0 Å². The van der Waals surface area contributed by atoms with Crippen LogP contribution in [0.2, 0.25) is 0 Å². The Morgan fingerprint density at radius 2 is 1.79 bits per heavy atom. The summed E-state index contributed by atoms with van der Waals surface area (Å²) in [7, 11) is 4.24. The molecule has 0 aromatic carbocycles. The van der Waals surface area contributed by atoms with Crippen molar-refractivity contribution in [2.75, 3.05) is 20.6 Å². The molecule has 1 aliphatic rings. The molecule has 1 N–H and O–H groups in total. The fraction of sp³-hybridized carbons (Fsp3) is 0.933. The molecule has 1 fully saturated rings. The fourth-order valence-corrected chi connectivity index (χ4v) is 2.51. The average Bonchev–Trinajstić information content (AvgIpc) is 2.25. The predicted octanol–water partition coefficient (Wildman–Crippen LogP) is 3.02. The number of carbonyl (C=O) groups is 1. The van der Waals surface area contributed by atoms with Crippen LogP contribution in [0.15, 0.2) is 0 Å². The topological polar surface area (TPSA) is 41.6 Å². The number of ether oxygens (including phenoxy) is 1. The molecule has 112 valence electrons. The van der Waals surface area contributed by atoms with E-state index < -0.39 is 5.60 Å². The second-order valence-electron chi connectivity index (χ2n) is 6.96. The first-order chi connectivity index (χ1) is 8.76. The quantitative estimate of drug-likeness (QED) is 0.854. The van der Waals surface area contributed by atoms with E-state index >= 15 is 0 Å². The van der Waals surface area contributed by atoms with Crippen LogP contribution in [0.1, 0.15) is 52.9 Å². The van der Waals surface area contributed by atoms with Crippen molar-refractivity contribution in [1.29, 1.82) is 0 Å². The molecule has 0 aromatic heterocycles. The zero-order valence-corrected chi connectivity index (χ0v) is 13.2. The van der Waals surface area contributed by atoms with Gasteiger partial charge >= 0.3 is 6.09 Å².